The lowest BCUT2D eigenvalue weighted by Crippen LogP contribution is -2.55. The van der Waals surface area contributed by atoms with Gasteiger partial charge in [0.2, 0.25) is 0 Å². The predicted octanol–water partition coefficient (Wildman–Crippen LogP) is 2.54. The van der Waals surface area contributed by atoms with E-state index in [1.807, 2.05) is 0 Å². The van der Waals surface area contributed by atoms with Gasteiger partial charge in [-0.2, -0.15) is 0 Å². The fraction of sp³-hybridized carbons (Fsp3) is 0.571. The number of ether oxygens (including phenoxy) is 2. The second-order valence-electron chi connectivity index (χ2n) is 8.30. The number of esters is 2. The predicted molar refractivity (Wildman–Crippen MR) is 106 cm³/mol. The lowest BCUT2D eigenvalue weighted by molar-refractivity contribution is -0.385. The van der Waals surface area contributed by atoms with Gasteiger partial charge in [-0.15, -0.1) is 0 Å². The van der Waals surface area contributed by atoms with Gasteiger partial charge in [0, 0.05) is 24.5 Å². The van der Waals surface area contributed by atoms with Crippen molar-refractivity contribution < 1.29 is 33.9 Å². The molecule has 164 valence electrons. The van der Waals surface area contributed by atoms with Crippen LogP contribution < -0.4 is 0 Å². The molecule has 1 fully saturated rings. The highest BCUT2D eigenvalue weighted by atomic mass is 16.6. The summed E-state index contributed by atoms with van der Waals surface area (Å²) in [7, 11) is 0. The Hall–Kier alpha value is -2.81. The van der Waals surface area contributed by atoms with Crippen LogP contribution in [0.3, 0.4) is 0 Å². The minimum atomic E-state index is -1.81. The summed E-state index contributed by atoms with van der Waals surface area (Å²) in [6.07, 6.45) is -1.47. The molecule has 0 amide bonds. The van der Waals surface area contributed by atoms with Crippen LogP contribution in [-0.4, -0.2) is 45.6 Å². The van der Waals surface area contributed by atoms with E-state index in [0.29, 0.717) is 0 Å². The van der Waals surface area contributed by atoms with E-state index >= 15 is 0 Å². The molecule has 1 aromatic carbocycles. The van der Waals surface area contributed by atoms with Crippen LogP contribution in [0.4, 0.5) is 5.69 Å². The van der Waals surface area contributed by atoms with Crippen LogP contribution in [0.1, 0.15) is 52.5 Å². The second kappa shape index (κ2) is 8.91. The molecule has 9 heteroatoms. The third kappa shape index (κ3) is 5.02. The highest BCUT2D eigenvalue weighted by molar-refractivity contribution is 6.02. The van der Waals surface area contributed by atoms with Crippen molar-refractivity contribution >= 4 is 23.4 Å². The first kappa shape index (κ1) is 23.5. The Kier molecular flexibility index (Phi) is 6.97. The van der Waals surface area contributed by atoms with Crippen molar-refractivity contribution in [2.24, 2.45) is 11.8 Å². The standard InChI is InChI=1S/C21H27NO8/c1-11(2)29-19(24)17-15(23)10-21(5,26)18(20(25)30-12(3)4)16(17)13-7-6-8-14(9-13)22(27)28/h6-9,11-12,16-18,26H,10H2,1-5H3/t16-,17+,18-,21-/m0/s1. The fourth-order valence-corrected chi connectivity index (χ4v) is 3.87. The van der Waals surface area contributed by atoms with E-state index in [1.54, 1.807) is 27.7 Å². The number of non-ortho nitro benzene ring substituents is 1. The van der Waals surface area contributed by atoms with Gasteiger partial charge in [-0.1, -0.05) is 12.1 Å². The van der Waals surface area contributed by atoms with Crippen LogP contribution in [0.15, 0.2) is 24.3 Å². The summed E-state index contributed by atoms with van der Waals surface area (Å²) >= 11 is 0. The third-order valence-corrected chi connectivity index (χ3v) is 4.94. The largest absolute Gasteiger partial charge is 0.463 e. The molecule has 0 heterocycles. The number of carbonyl (C=O) groups excluding carboxylic acids is 3. The number of Topliss-reactive ketones (excluding diaryl/α,β-unsaturated/α-hetero) is 1. The Bertz CT molecular complexity index is 837. The lowest BCUT2D eigenvalue weighted by Gasteiger charge is -2.43. The Morgan fingerprint density at radius 2 is 1.73 bits per heavy atom. The number of nitrogens with zero attached hydrogens (tertiary/aromatic N) is 1. The van der Waals surface area contributed by atoms with E-state index < -0.39 is 64.6 Å². The topological polar surface area (TPSA) is 133 Å². The maximum absolute atomic E-state index is 12.9. The number of nitro groups is 1. The molecule has 0 aromatic heterocycles. The summed E-state index contributed by atoms with van der Waals surface area (Å²) < 4.78 is 10.5. The lowest BCUT2D eigenvalue weighted by atomic mass is 9.61. The molecule has 1 aliphatic rings. The summed E-state index contributed by atoms with van der Waals surface area (Å²) in [5, 5.41) is 22.2. The SMILES string of the molecule is CC(C)OC(=O)[C@@H]1C(=O)C[C@](C)(O)[C@H](C(=O)OC(C)C)[C@H]1c1cccc([N+](=O)[O-])c1. The van der Waals surface area contributed by atoms with Crippen LogP contribution in [0.2, 0.25) is 0 Å². The summed E-state index contributed by atoms with van der Waals surface area (Å²) in [5.41, 5.74) is -1.88. The van der Waals surface area contributed by atoms with Crippen molar-refractivity contribution in [1.29, 1.82) is 0 Å². The third-order valence-electron chi connectivity index (χ3n) is 4.94. The molecule has 0 unspecified atom stereocenters. The van der Waals surface area contributed by atoms with Crippen LogP contribution in [0, 0.1) is 22.0 Å². The summed E-state index contributed by atoms with van der Waals surface area (Å²) in [5.74, 6) is -6.12. The van der Waals surface area contributed by atoms with Gasteiger partial charge in [0.25, 0.3) is 5.69 Å². The van der Waals surface area contributed by atoms with Crippen molar-refractivity contribution in [3.05, 3.63) is 39.9 Å². The highest BCUT2D eigenvalue weighted by Gasteiger charge is 2.57. The van der Waals surface area contributed by atoms with Crippen molar-refractivity contribution in [3.8, 4) is 0 Å². The van der Waals surface area contributed by atoms with E-state index in [-0.39, 0.29) is 11.3 Å². The number of benzene rings is 1. The molecule has 1 aromatic rings. The molecule has 1 aliphatic carbocycles. The van der Waals surface area contributed by atoms with Crippen molar-refractivity contribution in [2.45, 2.75) is 64.8 Å². The van der Waals surface area contributed by atoms with Gasteiger partial charge in [0.15, 0.2) is 5.78 Å². The van der Waals surface area contributed by atoms with E-state index in [0.717, 1.165) is 0 Å². The Morgan fingerprint density at radius 3 is 2.27 bits per heavy atom. The van der Waals surface area contributed by atoms with Crippen molar-refractivity contribution in [2.75, 3.05) is 0 Å². The molecule has 0 bridgehead atoms. The quantitative estimate of drug-likeness (QED) is 0.321. The first-order valence-corrected chi connectivity index (χ1v) is 9.75. The first-order chi connectivity index (χ1) is 13.8. The van der Waals surface area contributed by atoms with Gasteiger partial charge < -0.3 is 14.6 Å². The maximum Gasteiger partial charge on any atom is 0.317 e. The molecule has 1 saturated carbocycles. The number of rotatable bonds is 6. The molecule has 1 N–H and O–H groups in total. The van der Waals surface area contributed by atoms with E-state index in [2.05, 4.69) is 0 Å². The molecule has 4 atom stereocenters. The van der Waals surface area contributed by atoms with E-state index in [9.17, 15) is 29.6 Å². The number of aliphatic hydroxyl groups is 1. The zero-order chi connectivity index (χ0) is 22.8. The normalized spacial score (nSPS) is 26.5. The molecule has 0 aliphatic heterocycles. The number of hydrogen-bond donors (Lipinski definition) is 1. The minimum absolute atomic E-state index is 0.203. The minimum Gasteiger partial charge on any atom is -0.463 e. The van der Waals surface area contributed by atoms with Crippen LogP contribution in [0.25, 0.3) is 0 Å². The Labute approximate surface area is 174 Å². The van der Waals surface area contributed by atoms with Crippen LogP contribution in [-0.2, 0) is 23.9 Å². The fourth-order valence-electron chi connectivity index (χ4n) is 3.87. The van der Waals surface area contributed by atoms with Crippen molar-refractivity contribution in [3.63, 3.8) is 0 Å². The average molecular weight is 421 g/mol. The molecule has 9 nitrogen and oxygen atoms in total. The number of hydrogen-bond acceptors (Lipinski definition) is 8. The molecule has 2 rings (SSSR count). The van der Waals surface area contributed by atoms with Gasteiger partial charge >= 0.3 is 11.9 Å². The van der Waals surface area contributed by atoms with E-state index in [4.69, 9.17) is 9.47 Å². The Balaban J connectivity index is 2.67. The summed E-state index contributed by atoms with van der Waals surface area (Å²) in [6.45, 7) is 7.83. The van der Waals surface area contributed by atoms with Gasteiger partial charge in [0.05, 0.1) is 28.7 Å². The smallest absolute Gasteiger partial charge is 0.317 e. The monoisotopic (exact) mass is 421 g/mol. The van der Waals surface area contributed by atoms with Crippen LogP contribution >= 0.6 is 0 Å². The molecule has 0 spiro atoms. The maximum atomic E-state index is 12.9. The average Bonchev–Trinajstić information content (AvgIpc) is 2.58. The highest BCUT2D eigenvalue weighted by Crippen LogP contribution is 2.47. The number of nitro benzene ring substituents is 1. The van der Waals surface area contributed by atoms with Crippen LogP contribution in [0.5, 0.6) is 0 Å². The zero-order valence-corrected chi connectivity index (χ0v) is 17.7. The van der Waals surface area contributed by atoms with Gasteiger partial charge in [-0.25, -0.2) is 0 Å². The van der Waals surface area contributed by atoms with E-state index in [1.165, 1.54) is 31.2 Å². The second-order valence-corrected chi connectivity index (χ2v) is 8.30. The van der Waals surface area contributed by atoms with Crippen molar-refractivity contribution in [1.82, 2.24) is 0 Å². The molecular weight excluding hydrogens is 394 g/mol. The molecular formula is C21H27NO8. The number of ketones is 1. The zero-order valence-electron chi connectivity index (χ0n) is 17.7. The number of carbonyl (C=O) groups is 3. The van der Waals surface area contributed by atoms with Gasteiger partial charge in [0.1, 0.15) is 5.92 Å². The van der Waals surface area contributed by atoms with Gasteiger partial charge in [-0.3, -0.25) is 24.5 Å². The summed E-state index contributed by atoms with van der Waals surface area (Å²) in [4.78, 5) is 49.3. The first-order valence-electron chi connectivity index (χ1n) is 9.75. The molecule has 0 radical (unpaired) electrons. The molecule has 0 saturated heterocycles. The van der Waals surface area contributed by atoms with Gasteiger partial charge in [-0.05, 0) is 40.2 Å². The molecule has 30 heavy (non-hydrogen) atoms. The Morgan fingerprint density at radius 1 is 1.17 bits per heavy atom. The summed E-state index contributed by atoms with van der Waals surface area (Å²) in [6, 6.07) is 5.34.